The second-order valence-corrected chi connectivity index (χ2v) is 6.13. The molecule has 1 N–H and O–H groups in total. The number of likely N-dealkylation sites (tertiary alicyclic amines) is 1. The molecule has 1 aromatic heterocycles. The Hall–Kier alpha value is -2.41. The smallest absolute Gasteiger partial charge is 0.407 e. The zero-order chi connectivity index (χ0) is 17.5. The largest absolute Gasteiger partial charge is 0.450 e. The van der Waals surface area contributed by atoms with Gasteiger partial charge >= 0.3 is 6.09 Å². The van der Waals surface area contributed by atoms with Crippen LogP contribution in [-0.2, 0) is 11.2 Å². The van der Waals surface area contributed by atoms with Crippen LogP contribution in [0.25, 0.3) is 11.4 Å². The number of hydrogen-bond donors (Lipinski definition) is 1. The Morgan fingerprint density at radius 3 is 3.04 bits per heavy atom. The van der Waals surface area contributed by atoms with E-state index in [4.69, 9.17) is 9.26 Å². The maximum atomic E-state index is 11.5. The third-order valence-electron chi connectivity index (χ3n) is 4.24. The van der Waals surface area contributed by atoms with E-state index in [2.05, 4.69) is 20.4 Å². The molecule has 1 aliphatic heterocycles. The van der Waals surface area contributed by atoms with E-state index in [1.807, 2.05) is 30.3 Å². The molecule has 0 saturated carbocycles. The predicted octanol–water partition coefficient (Wildman–Crippen LogP) is 2.49. The van der Waals surface area contributed by atoms with Crippen molar-refractivity contribution in [3.8, 4) is 11.4 Å². The SMILES string of the molecule is CCOC(=O)NC1CCCN(CCc2nc(-c3ccccc3)no2)C1. The van der Waals surface area contributed by atoms with Crippen LogP contribution in [0.15, 0.2) is 34.9 Å². The van der Waals surface area contributed by atoms with Crippen molar-refractivity contribution in [2.75, 3.05) is 26.2 Å². The van der Waals surface area contributed by atoms with Gasteiger partial charge in [0.2, 0.25) is 11.7 Å². The van der Waals surface area contributed by atoms with Gasteiger partial charge in [0, 0.05) is 31.1 Å². The molecule has 1 aromatic carbocycles. The Morgan fingerprint density at radius 1 is 1.40 bits per heavy atom. The highest BCUT2D eigenvalue weighted by Gasteiger charge is 2.22. The first kappa shape index (κ1) is 17.4. The highest BCUT2D eigenvalue weighted by atomic mass is 16.5. The van der Waals surface area contributed by atoms with Gasteiger partial charge in [0.05, 0.1) is 6.61 Å². The molecule has 0 spiro atoms. The minimum atomic E-state index is -0.334. The Labute approximate surface area is 147 Å². The number of aromatic nitrogens is 2. The normalized spacial score (nSPS) is 18.0. The van der Waals surface area contributed by atoms with Crippen LogP contribution < -0.4 is 5.32 Å². The summed E-state index contributed by atoms with van der Waals surface area (Å²) in [7, 11) is 0. The van der Waals surface area contributed by atoms with Crippen molar-refractivity contribution in [2.45, 2.75) is 32.2 Å². The minimum Gasteiger partial charge on any atom is -0.450 e. The lowest BCUT2D eigenvalue weighted by molar-refractivity contribution is 0.133. The van der Waals surface area contributed by atoms with Crippen molar-refractivity contribution in [2.24, 2.45) is 0 Å². The first-order chi connectivity index (χ1) is 12.2. The number of nitrogens with one attached hydrogen (secondary N) is 1. The van der Waals surface area contributed by atoms with Gasteiger partial charge in [-0.05, 0) is 26.3 Å². The van der Waals surface area contributed by atoms with E-state index in [1.165, 1.54) is 0 Å². The van der Waals surface area contributed by atoms with Gasteiger partial charge in [0.25, 0.3) is 0 Å². The molecule has 2 aromatic rings. The molecule has 1 aliphatic rings. The monoisotopic (exact) mass is 344 g/mol. The van der Waals surface area contributed by atoms with E-state index in [0.717, 1.165) is 38.0 Å². The quantitative estimate of drug-likeness (QED) is 0.867. The summed E-state index contributed by atoms with van der Waals surface area (Å²) in [4.78, 5) is 18.3. The minimum absolute atomic E-state index is 0.135. The van der Waals surface area contributed by atoms with E-state index in [9.17, 15) is 4.79 Å². The van der Waals surface area contributed by atoms with Crippen LogP contribution in [0.2, 0.25) is 0 Å². The summed E-state index contributed by atoms with van der Waals surface area (Å²) in [6.45, 7) is 4.86. The standard InChI is InChI=1S/C18H24N4O3/c1-2-24-18(23)19-15-9-6-11-22(13-15)12-10-16-20-17(21-25-16)14-7-4-3-5-8-14/h3-5,7-8,15H,2,6,9-13H2,1H3,(H,19,23). The van der Waals surface area contributed by atoms with Crippen LogP contribution in [0.3, 0.4) is 0 Å². The van der Waals surface area contributed by atoms with Gasteiger partial charge in [-0.2, -0.15) is 4.98 Å². The Balaban J connectivity index is 1.48. The number of carbonyl (C=O) groups excluding carboxylic acids is 1. The summed E-state index contributed by atoms with van der Waals surface area (Å²) in [5.74, 6) is 1.26. The number of rotatable bonds is 6. The fourth-order valence-corrected chi connectivity index (χ4v) is 3.03. The summed E-state index contributed by atoms with van der Waals surface area (Å²) in [5.41, 5.74) is 0.953. The first-order valence-electron chi connectivity index (χ1n) is 8.78. The molecule has 2 heterocycles. The van der Waals surface area contributed by atoms with Gasteiger partial charge in [-0.25, -0.2) is 4.79 Å². The number of amides is 1. The van der Waals surface area contributed by atoms with Crippen molar-refractivity contribution in [1.82, 2.24) is 20.4 Å². The molecule has 1 atom stereocenters. The maximum Gasteiger partial charge on any atom is 0.407 e. The van der Waals surface area contributed by atoms with Gasteiger partial charge in [-0.1, -0.05) is 35.5 Å². The second-order valence-electron chi connectivity index (χ2n) is 6.13. The molecule has 0 radical (unpaired) electrons. The average molecular weight is 344 g/mol. The molecule has 0 aliphatic carbocycles. The van der Waals surface area contributed by atoms with Crippen LogP contribution in [0, 0.1) is 0 Å². The third kappa shape index (κ3) is 5.03. The summed E-state index contributed by atoms with van der Waals surface area (Å²) >= 11 is 0. The number of carbonyl (C=O) groups is 1. The zero-order valence-electron chi connectivity index (χ0n) is 14.5. The van der Waals surface area contributed by atoms with E-state index in [0.29, 0.717) is 24.7 Å². The lowest BCUT2D eigenvalue weighted by Gasteiger charge is -2.32. The van der Waals surface area contributed by atoms with Crippen molar-refractivity contribution < 1.29 is 14.1 Å². The number of nitrogens with zero attached hydrogens (tertiary/aromatic N) is 3. The molecular formula is C18H24N4O3. The van der Waals surface area contributed by atoms with Crippen LogP contribution in [0.1, 0.15) is 25.7 Å². The zero-order valence-corrected chi connectivity index (χ0v) is 14.5. The molecular weight excluding hydrogens is 320 g/mol. The predicted molar refractivity (Wildman–Crippen MR) is 93.1 cm³/mol. The molecule has 25 heavy (non-hydrogen) atoms. The molecule has 7 nitrogen and oxygen atoms in total. The van der Waals surface area contributed by atoms with E-state index in [-0.39, 0.29) is 12.1 Å². The Kier molecular flexibility index (Phi) is 6.00. The number of alkyl carbamates (subject to hydrolysis) is 1. The number of benzene rings is 1. The summed E-state index contributed by atoms with van der Waals surface area (Å²) in [6.07, 6.45) is 2.40. The third-order valence-corrected chi connectivity index (χ3v) is 4.24. The number of piperidine rings is 1. The number of hydrogen-bond acceptors (Lipinski definition) is 6. The Morgan fingerprint density at radius 2 is 2.24 bits per heavy atom. The lowest BCUT2D eigenvalue weighted by Crippen LogP contribution is -2.48. The highest BCUT2D eigenvalue weighted by molar-refractivity contribution is 5.67. The van der Waals surface area contributed by atoms with Crippen LogP contribution in [-0.4, -0.2) is 53.4 Å². The van der Waals surface area contributed by atoms with Crippen LogP contribution in [0.5, 0.6) is 0 Å². The lowest BCUT2D eigenvalue weighted by atomic mass is 10.1. The number of ether oxygens (including phenoxy) is 1. The van der Waals surface area contributed by atoms with Gasteiger partial charge < -0.3 is 19.5 Å². The topological polar surface area (TPSA) is 80.5 Å². The van der Waals surface area contributed by atoms with E-state index >= 15 is 0 Å². The maximum absolute atomic E-state index is 11.5. The second kappa shape index (κ2) is 8.62. The van der Waals surface area contributed by atoms with Crippen molar-refractivity contribution in [1.29, 1.82) is 0 Å². The Bertz CT molecular complexity index is 674. The van der Waals surface area contributed by atoms with Crippen molar-refractivity contribution in [3.05, 3.63) is 36.2 Å². The van der Waals surface area contributed by atoms with Gasteiger partial charge in [-0.15, -0.1) is 0 Å². The molecule has 0 bridgehead atoms. The van der Waals surface area contributed by atoms with Crippen LogP contribution in [0.4, 0.5) is 4.79 Å². The fourth-order valence-electron chi connectivity index (χ4n) is 3.03. The fraction of sp³-hybridized carbons (Fsp3) is 0.500. The molecule has 1 unspecified atom stereocenters. The molecule has 134 valence electrons. The van der Waals surface area contributed by atoms with Gasteiger partial charge in [0.1, 0.15) is 0 Å². The van der Waals surface area contributed by atoms with Crippen molar-refractivity contribution >= 4 is 6.09 Å². The molecule has 7 heteroatoms. The summed E-state index contributed by atoms with van der Waals surface area (Å²) < 4.78 is 10.3. The van der Waals surface area contributed by atoms with Gasteiger partial charge in [-0.3, -0.25) is 0 Å². The molecule has 3 rings (SSSR count). The average Bonchev–Trinajstić information content (AvgIpc) is 3.10. The van der Waals surface area contributed by atoms with Crippen molar-refractivity contribution in [3.63, 3.8) is 0 Å². The molecule has 1 fully saturated rings. The van der Waals surface area contributed by atoms with Crippen LogP contribution >= 0.6 is 0 Å². The highest BCUT2D eigenvalue weighted by Crippen LogP contribution is 2.16. The summed E-state index contributed by atoms with van der Waals surface area (Å²) in [5, 5.41) is 6.97. The summed E-state index contributed by atoms with van der Waals surface area (Å²) in [6, 6.07) is 9.93. The van der Waals surface area contributed by atoms with E-state index < -0.39 is 0 Å². The molecule has 1 saturated heterocycles. The first-order valence-corrected chi connectivity index (χ1v) is 8.78. The van der Waals surface area contributed by atoms with E-state index in [1.54, 1.807) is 6.92 Å². The molecule has 1 amide bonds. The van der Waals surface area contributed by atoms with Gasteiger partial charge in [0.15, 0.2) is 0 Å².